The summed E-state index contributed by atoms with van der Waals surface area (Å²) in [5, 5.41) is 10.8. The summed E-state index contributed by atoms with van der Waals surface area (Å²) < 4.78 is 37.4. The van der Waals surface area contributed by atoms with Crippen LogP contribution in [0.25, 0.3) is 12.2 Å². The number of nitrogen functional groups attached to an aromatic ring is 1. The standard InChI is InChI=1S/C15H14N2O6S/c1-23-14-8-12(16)6-4-10(14)2-3-11-5-7-13(17(18)19)9-15(11)24(20,21)22/h2-9H,16H2,1H3,(H,20,21,22). The van der Waals surface area contributed by atoms with Gasteiger partial charge in [0.2, 0.25) is 0 Å². The molecule has 0 spiro atoms. The van der Waals surface area contributed by atoms with Gasteiger partial charge in [-0.2, -0.15) is 8.42 Å². The average molecular weight is 350 g/mol. The minimum absolute atomic E-state index is 0.0991. The summed E-state index contributed by atoms with van der Waals surface area (Å²) in [6.07, 6.45) is 2.95. The van der Waals surface area contributed by atoms with Crippen molar-refractivity contribution >= 4 is 33.6 Å². The molecule has 8 nitrogen and oxygen atoms in total. The number of hydrogen-bond donors (Lipinski definition) is 2. The van der Waals surface area contributed by atoms with Crippen molar-refractivity contribution in [3.8, 4) is 5.75 Å². The number of non-ortho nitro benzene ring substituents is 1. The predicted octanol–water partition coefficient (Wildman–Crippen LogP) is 2.60. The van der Waals surface area contributed by atoms with Gasteiger partial charge in [-0.05, 0) is 23.8 Å². The number of ether oxygens (including phenoxy) is 1. The lowest BCUT2D eigenvalue weighted by molar-refractivity contribution is -0.385. The molecule has 0 saturated carbocycles. The van der Waals surface area contributed by atoms with Crippen molar-refractivity contribution in [1.82, 2.24) is 0 Å². The van der Waals surface area contributed by atoms with Crippen molar-refractivity contribution in [1.29, 1.82) is 0 Å². The van der Waals surface area contributed by atoms with E-state index < -0.39 is 25.6 Å². The van der Waals surface area contributed by atoms with Crippen molar-refractivity contribution in [2.45, 2.75) is 4.90 Å². The second-order valence-electron chi connectivity index (χ2n) is 4.79. The van der Waals surface area contributed by atoms with E-state index in [4.69, 9.17) is 10.5 Å². The third-order valence-electron chi connectivity index (χ3n) is 3.19. The van der Waals surface area contributed by atoms with Crippen LogP contribution in [-0.4, -0.2) is 25.0 Å². The molecule has 2 aromatic carbocycles. The van der Waals surface area contributed by atoms with E-state index in [1.165, 1.54) is 19.3 Å². The summed E-state index contributed by atoms with van der Waals surface area (Å²) in [5.41, 5.74) is 6.43. The normalized spacial score (nSPS) is 11.6. The minimum atomic E-state index is -4.62. The average Bonchev–Trinajstić information content (AvgIpc) is 2.52. The lowest BCUT2D eigenvalue weighted by Gasteiger charge is -2.06. The van der Waals surface area contributed by atoms with E-state index in [0.29, 0.717) is 17.0 Å². The molecule has 126 valence electrons. The van der Waals surface area contributed by atoms with Crippen LogP contribution in [0.5, 0.6) is 5.75 Å². The fourth-order valence-corrected chi connectivity index (χ4v) is 2.75. The molecule has 0 saturated heterocycles. The van der Waals surface area contributed by atoms with Gasteiger partial charge in [0.25, 0.3) is 15.8 Å². The fraction of sp³-hybridized carbons (Fsp3) is 0.0667. The lowest BCUT2D eigenvalue weighted by atomic mass is 10.1. The highest BCUT2D eigenvalue weighted by Crippen LogP contribution is 2.27. The molecular weight excluding hydrogens is 336 g/mol. The number of methoxy groups -OCH3 is 1. The monoisotopic (exact) mass is 350 g/mol. The van der Waals surface area contributed by atoms with Gasteiger partial charge in [-0.3, -0.25) is 14.7 Å². The van der Waals surface area contributed by atoms with E-state index in [0.717, 1.165) is 12.1 Å². The zero-order chi connectivity index (χ0) is 17.9. The van der Waals surface area contributed by atoms with Gasteiger partial charge >= 0.3 is 0 Å². The molecule has 0 aliphatic heterocycles. The Kier molecular flexibility index (Phi) is 4.86. The summed E-state index contributed by atoms with van der Waals surface area (Å²) in [6, 6.07) is 8.09. The summed E-state index contributed by atoms with van der Waals surface area (Å²) in [6.45, 7) is 0. The molecule has 0 heterocycles. The Bertz CT molecular complexity index is 922. The van der Waals surface area contributed by atoms with Gasteiger partial charge < -0.3 is 10.5 Å². The van der Waals surface area contributed by atoms with Crippen LogP contribution < -0.4 is 10.5 Å². The van der Waals surface area contributed by atoms with Crippen molar-refractivity contribution in [3.05, 3.63) is 57.6 Å². The molecule has 9 heteroatoms. The van der Waals surface area contributed by atoms with Crippen LogP contribution in [0.1, 0.15) is 11.1 Å². The van der Waals surface area contributed by atoms with Crippen molar-refractivity contribution < 1.29 is 22.6 Å². The third-order valence-corrected chi connectivity index (χ3v) is 4.10. The van der Waals surface area contributed by atoms with Crippen LogP contribution in [0.3, 0.4) is 0 Å². The zero-order valence-electron chi connectivity index (χ0n) is 12.5. The Balaban J connectivity index is 2.52. The Morgan fingerprint density at radius 2 is 1.79 bits per heavy atom. The SMILES string of the molecule is COc1cc(N)ccc1C=Cc1ccc([N+](=O)[O-])cc1S(=O)(=O)O. The van der Waals surface area contributed by atoms with Crippen LogP contribution in [-0.2, 0) is 10.1 Å². The van der Waals surface area contributed by atoms with Gasteiger partial charge in [-0.15, -0.1) is 0 Å². The number of nitro groups is 1. The van der Waals surface area contributed by atoms with E-state index in [9.17, 15) is 23.1 Å². The van der Waals surface area contributed by atoms with Gasteiger partial charge in [0, 0.05) is 29.4 Å². The molecule has 2 aromatic rings. The third kappa shape index (κ3) is 3.89. The van der Waals surface area contributed by atoms with E-state index in [1.807, 2.05) is 0 Å². The first-order chi connectivity index (χ1) is 11.2. The molecular formula is C15H14N2O6S. The fourth-order valence-electron chi connectivity index (χ4n) is 2.04. The molecule has 3 N–H and O–H groups in total. The number of benzene rings is 2. The molecule has 0 fully saturated rings. The number of nitro benzene ring substituents is 1. The summed E-state index contributed by atoms with van der Waals surface area (Å²) >= 11 is 0. The van der Waals surface area contributed by atoms with Gasteiger partial charge in [0.1, 0.15) is 10.6 Å². The highest BCUT2D eigenvalue weighted by atomic mass is 32.2. The number of nitrogens with zero attached hydrogens (tertiary/aromatic N) is 1. The summed E-state index contributed by atoms with van der Waals surface area (Å²) in [4.78, 5) is 9.47. The molecule has 0 aliphatic rings. The smallest absolute Gasteiger partial charge is 0.295 e. The van der Waals surface area contributed by atoms with Gasteiger partial charge in [0.05, 0.1) is 12.0 Å². The molecule has 0 amide bonds. The highest BCUT2D eigenvalue weighted by molar-refractivity contribution is 7.86. The Hall–Kier alpha value is -2.91. The Labute approximate surface area is 138 Å². The van der Waals surface area contributed by atoms with E-state index in [2.05, 4.69) is 0 Å². The summed E-state index contributed by atoms with van der Waals surface area (Å²) in [5.74, 6) is 0.474. The molecule has 0 aliphatic carbocycles. The van der Waals surface area contributed by atoms with Gasteiger partial charge in [0.15, 0.2) is 0 Å². The van der Waals surface area contributed by atoms with E-state index in [1.54, 1.807) is 24.3 Å². The maximum atomic E-state index is 11.5. The van der Waals surface area contributed by atoms with Crippen LogP contribution in [0.15, 0.2) is 41.3 Å². The second kappa shape index (κ2) is 6.69. The topological polar surface area (TPSA) is 133 Å². The molecule has 0 unspecified atom stereocenters. The van der Waals surface area contributed by atoms with E-state index in [-0.39, 0.29) is 5.56 Å². The maximum absolute atomic E-state index is 11.5. The zero-order valence-corrected chi connectivity index (χ0v) is 13.4. The first kappa shape index (κ1) is 17.4. The van der Waals surface area contributed by atoms with Gasteiger partial charge in [-0.25, -0.2) is 0 Å². The van der Waals surface area contributed by atoms with Crippen molar-refractivity contribution in [2.75, 3.05) is 12.8 Å². The number of rotatable bonds is 5. The van der Waals surface area contributed by atoms with Gasteiger partial charge in [-0.1, -0.05) is 12.2 Å². The lowest BCUT2D eigenvalue weighted by Crippen LogP contribution is -2.02. The first-order valence-corrected chi connectivity index (χ1v) is 8.04. The quantitative estimate of drug-likeness (QED) is 0.278. The second-order valence-corrected chi connectivity index (χ2v) is 6.18. The molecule has 2 rings (SSSR count). The number of nitrogens with two attached hydrogens (primary N) is 1. The number of hydrogen-bond acceptors (Lipinski definition) is 6. The molecule has 0 bridgehead atoms. The van der Waals surface area contributed by atoms with Crippen LogP contribution >= 0.6 is 0 Å². The highest BCUT2D eigenvalue weighted by Gasteiger charge is 2.18. The number of anilines is 1. The largest absolute Gasteiger partial charge is 0.496 e. The van der Waals surface area contributed by atoms with Crippen LogP contribution in [0, 0.1) is 10.1 Å². The summed E-state index contributed by atoms with van der Waals surface area (Å²) in [7, 11) is -3.16. The molecule has 0 radical (unpaired) electrons. The maximum Gasteiger partial charge on any atom is 0.295 e. The minimum Gasteiger partial charge on any atom is -0.496 e. The van der Waals surface area contributed by atoms with E-state index >= 15 is 0 Å². The van der Waals surface area contributed by atoms with Crippen LogP contribution in [0.4, 0.5) is 11.4 Å². The first-order valence-electron chi connectivity index (χ1n) is 6.60. The predicted molar refractivity (Wildman–Crippen MR) is 89.2 cm³/mol. The molecule has 24 heavy (non-hydrogen) atoms. The van der Waals surface area contributed by atoms with Crippen molar-refractivity contribution in [3.63, 3.8) is 0 Å². The Morgan fingerprint density at radius 3 is 2.38 bits per heavy atom. The van der Waals surface area contributed by atoms with Crippen molar-refractivity contribution in [2.24, 2.45) is 0 Å². The van der Waals surface area contributed by atoms with Crippen LogP contribution in [0.2, 0.25) is 0 Å². The Morgan fingerprint density at radius 1 is 1.17 bits per heavy atom. The molecule has 0 atom stereocenters. The molecule has 0 aromatic heterocycles.